The highest BCUT2D eigenvalue weighted by Gasteiger charge is 2.04. The van der Waals surface area contributed by atoms with Crippen molar-refractivity contribution in [2.24, 2.45) is 0 Å². The predicted molar refractivity (Wildman–Crippen MR) is 83.9 cm³/mol. The topological polar surface area (TPSA) is 48.7 Å². The molecule has 0 radical (unpaired) electrons. The maximum atomic E-state index is 9.14. The van der Waals surface area contributed by atoms with Crippen molar-refractivity contribution >= 4 is 38.2 Å². The fourth-order valence-electron chi connectivity index (χ4n) is 2.03. The molecule has 0 saturated heterocycles. The van der Waals surface area contributed by atoms with Crippen LogP contribution in [0.2, 0.25) is 0 Å². The molecule has 96 valence electrons. The van der Waals surface area contributed by atoms with Gasteiger partial charge in [0.05, 0.1) is 16.8 Å². The first-order chi connectivity index (χ1) is 9.76. The third kappa shape index (κ3) is 2.49. The Morgan fingerprint density at radius 2 is 2.00 bits per heavy atom. The van der Waals surface area contributed by atoms with E-state index < -0.39 is 0 Å². The zero-order chi connectivity index (χ0) is 13.9. The molecule has 0 spiro atoms. The van der Waals surface area contributed by atoms with Crippen LogP contribution in [0.5, 0.6) is 0 Å². The summed E-state index contributed by atoms with van der Waals surface area (Å²) >= 11 is 3.42. The van der Waals surface area contributed by atoms with Crippen molar-refractivity contribution in [3.63, 3.8) is 0 Å². The zero-order valence-corrected chi connectivity index (χ0v) is 12.1. The summed E-state index contributed by atoms with van der Waals surface area (Å²) in [4.78, 5) is 4.29. The molecule has 0 unspecified atom stereocenters. The van der Waals surface area contributed by atoms with Crippen LogP contribution in [0.3, 0.4) is 0 Å². The number of fused-ring (bicyclic) bond motifs is 1. The Labute approximate surface area is 125 Å². The molecular weight excluding hydrogens is 314 g/mol. The maximum Gasteiger partial charge on any atom is 0.101 e. The quantitative estimate of drug-likeness (QED) is 0.749. The highest BCUT2D eigenvalue weighted by molar-refractivity contribution is 9.10. The van der Waals surface area contributed by atoms with Gasteiger partial charge in [0.2, 0.25) is 0 Å². The number of anilines is 2. The Hall–Kier alpha value is -2.38. The first-order valence-corrected chi connectivity index (χ1v) is 6.87. The lowest BCUT2D eigenvalue weighted by Crippen LogP contribution is -1.94. The minimum Gasteiger partial charge on any atom is -0.354 e. The van der Waals surface area contributed by atoms with E-state index in [1.54, 1.807) is 12.3 Å². The molecule has 0 aliphatic rings. The van der Waals surface area contributed by atoms with E-state index in [0.29, 0.717) is 5.56 Å². The van der Waals surface area contributed by atoms with Gasteiger partial charge in [-0.1, -0.05) is 22.0 Å². The molecule has 4 heteroatoms. The van der Waals surface area contributed by atoms with Gasteiger partial charge in [0.25, 0.3) is 0 Å². The van der Waals surface area contributed by atoms with Crippen LogP contribution in [0.15, 0.2) is 59.2 Å². The molecule has 0 amide bonds. The smallest absolute Gasteiger partial charge is 0.101 e. The summed E-state index contributed by atoms with van der Waals surface area (Å²) in [6, 6.07) is 17.6. The molecule has 3 rings (SSSR count). The molecule has 3 aromatic rings. The van der Waals surface area contributed by atoms with Gasteiger partial charge in [0, 0.05) is 21.7 Å². The van der Waals surface area contributed by atoms with Gasteiger partial charge in [-0.3, -0.25) is 4.98 Å². The minimum absolute atomic E-state index is 0.611. The third-order valence-electron chi connectivity index (χ3n) is 2.98. The number of rotatable bonds is 2. The third-order valence-corrected chi connectivity index (χ3v) is 3.48. The number of benzene rings is 2. The molecule has 1 aromatic heterocycles. The van der Waals surface area contributed by atoms with E-state index >= 15 is 0 Å². The summed E-state index contributed by atoms with van der Waals surface area (Å²) < 4.78 is 0.932. The lowest BCUT2D eigenvalue weighted by molar-refractivity contribution is 1.41. The Morgan fingerprint density at radius 3 is 2.85 bits per heavy atom. The van der Waals surface area contributed by atoms with Crippen LogP contribution in [0, 0.1) is 11.3 Å². The summed E-state index contributed by atoms with van der Waals surface area (Å²) in [6.07, 6.45) is 1.78. The van der Waals surface area contributed by atoms with Crippen molar-refractivity contribution in [2.45, 2.75) is 0 Å². The van der Waals surface area contributed by atoms with Crippen molar-refractivity contribution in [3.05, 3.63) is 64.8 Å². The molecule has 0 fully saturated rings. The second kappa shape index (κ2) is 5.32. The zero-order valence-electron chi connectivity index (χ0n) is 10.5. The fourth-order valence-corrected chi connectivity index (χ4v) is 2.39. The molecular formula is C16H10BrN3. The van der Waals surface area contributed by atoms with Gasteiger partial charge < -0.3 is 5.32 Å². The van der Waals surface area contributed by atoms with Gasteiger partial charge in [0.1, 0.15) is 6.07 Å². The van der Waals surface area contributed by atoms with Crippen molar-refractivity contribution in [2.75, 3.05) is 5.32 Å². The molecule has 1 heterocycles. The molecule has 20 heavy (non-hydrogen) atoms. The second-order valence-corrected chi connectivity index (χ2v) is 5.25. The van der Waals surface area contributed by atoms with E-state index in [0.717, 1.165) is 26.8 Å². The average Bonchev–Trinajstić information content (AvgIpc) is 2.47. The summed E-state index contributed by atoms with van der Waals surface area (Å²) in [7, 11) is 0. The van der Waals surface area contributed by atoms with Crippen molar-refractivity contribution in [1.82, 2.24) is 4.98 Å². The van der Waals surface area contributed by atoms with E-state index in [9.17, 15) is 0 Å². The largest absolute Gasteiger partial charge is 0.354 e. The predicted octanol–water partition coefficient (Wildman–Crippen LogP) is 4.61. The Kier molecular flexibility index (Phi) is 3.36. The fraction of sp³-hybridized carbons (Fsp3) is 0. The van der Waals surface area contributed by atoms with Crippen molar-refractivity contribution in [3.8, 4) is 6.07 Å². The number of pyridine rings is 1. The maximum absolute atomic E-state index is 9.14. The molecule has 3 nitrogen and oxygen atoms in total. The van der Waals surface area contributed by atoms with Gasteiger partial charge in [0.15, 0.2) is 0 Å². The number of aromatic nitrogens is 1. The molecule has 0 atom stereocenters. The number of hydrogen-bond acceptors (Lipinski definition) is 3. The Bertz CT molecular complexity index is 821. The van der Waals surface area contributed by atoms with E-state index in [4.69, 9.17) is 5.26 Å². The normalized spacial score (nSPS) is 10.2. The summed E-state index contributed by atoms with van der Waals surface area (Å²) in [5, 5.41) is 13.5. The average molecular weight is 324 g/mol. The van der Waals surface area contributed by atoms with Crippen LogP contribution in [0.4, 0.5) is 11.4 Å². The number of nitrogens with one attached hydrogen (secondary N) is 1. The first kappa shape index (κ1) is 12.6. The van der Waals surface area contributed by atoms with Gasteiger partial charge >= 0.3 is 0 Å². The van der Waals surface area contributed by atoms with E-state index in [1.165, 1.54) is 0 Å². The highest BCUT2D eigenvalue weighted by atomic mass is 79.9. The summed E-state index contributed by atoms with van der Waals surface area (Å²) in [6.45, 7) is 0. The first-order valence-electron chi connectivity index (χ1n) is 6.08. The van der Waals surface area contributed by atoms with Crippen molar-refractivity contribution in [1.29, 1.82) is 5.26 Å². The standard InChI is InChI=1S/C16H10BrN3/c17-13-4-3-12(10-18)16(9-13)20-14-5-6-15-11(8-14)2-1-7-19-15/h1-9,20H. The molecule has 0 saturated carbocycles. The van der Waals surface area contributed by atoms with Gasteiger partial charge in [-0.25, -0.2) is 0 Å². The van der Waals surface area contributed by atoms with Crippen LogP contribution < -0.4 is 5.32 Å². The lowest BCUT2D eigenvalue weighted by Gasteiger charge is -2.09. The lowest BCUT2D eigenvalue weighted by atomic mass is 10.1. The number of hydrogen-bond donors (Lipinski definition) is 1. The molecule has 0 aliphatic carbocycles. The number of halogens is 1. The van der Waals surface area contributed by atoms with Gasteiger partial charge in [-0.05, 0) is 42.5 Å². The minimum atomic E-state index is 0.611. The molecule has 2 aromatic carbocycles. The van der Waals surface area contributed by atoms with Crippen LogP contribution >= 0.6 is 15.9 Å². The molecule has 1 N–H and O–H groups in total. The number of nitrogens with zero attached hydrogens (tertiary/aromatic N) is 2. The van der Waals surface area contributed by atoms with E-state index in [1.807, 2.05) is 42.5 Å². The van der Waals surface area contributed by atoms with Gasteiger partial charge in [-0.2, -0.15) is 5.26 Å². The number of nitriles is 1. The Morgan fingerprint density at radius 1 is 1.10 bits per heavy atom. The Balaban J connectivity index is 2.01. The van der Waals surface area contributed by atoms with E-state index in [2.05, 4.69) is 32.3 Å². The van der Waals surface area contributed by atoms with Crippen LogP contribution in [0.1, 0.15) is 5.56 Å². The van der Waals surface area contributed by atoms with Crippen LogP contribution in [0.25, 0.3) is 10.9 Å². The van der Waals surface area contributed by atoms with Crippen LogP contribution in [-0.2, 0) is 0 Å². The second-order valence-electron chi connectivity index (χ2n) is 4.34. The molecule has 0 bridgehead atoms. The summed E-state index contributed by atoms with van der Waals surface area (Å²) in [5.41, 5.74) is 3.28. The molecule has 0 aliphatic heterocycles. The van der Waals surface area contributed by atoms with Crippen molar-refractivity contribution < 1.29 is 0 Å². The van der Waals surface area contributed by atoms with E-state index in [-0.39, 0.29) is 0 Å². The monoisotopic (exact) mass is 323 g/mol. The SMILES string of the molecule is N#Cc1ccc(Br)cc1Nc1ccc2ncccc2c1. The van der Waals surface area contributed by atoms with Crippen LogP contribution in [-0.4, -0.2) is 4.98 Å². The highest BCUT2D eigenvalue weighted by Crippen LogP contribution is 2.26. The summed E-state index contributed by atoms with van der Waals surface area (Å²) in [5.74, 6) is 0. The van der Waals surface area contributed by atoms with Gasteiger partial charge in [-0.15, -0.1) is 0 Å².